The van der Waals surface area contributed by atoms with Gasteiger partial charge in [-0.15, -0.1) is 0 Å². The average Bonchev–Trinajstić information content (AvgIpc) is 2.91. The molecule has 1 aromatic heterocycles. The highest BCUT2D eigenvalue weighted by atomic mass is 16.2. The molecule has 5 nitrogen and oxygen atoms in total. The van der Waals surface area contributed by atoms with Crippen molar-refractivity contribution in [3.63, 3.8) is 0 Å². The van der Waals surface area contributed by atoms with Crippen molar-refractivity contribution in [3.05, 3.63) is 41.7 Å². The van der Waals surface area contributed by atoms with Crippen LogP contribution < -0.4 is 5.32 Å². The van der Waals surface area contributed by atoms with Crippen LogP contribution in [0.1, 0.15) is 17.5 Å². The Kier molecular flexibility index (Phi) is 2.80. The number of benzene rings is 1. The summed E-state index contributed by atoms with van der Waals surface area (Å²) >= 11 is 0. The van der Waals surface area contributed by atoms with Gasteiger partial charge in [-0.2, -0.15) is 10.1 Å². The van der Waals surface area contributed by atoms with Crippen molar-refractivity contribution >= 4 is 11.9 Å². The summed E-state index contributed by atoms with van der Waals surface area (Å²) in [5, 5.41) is 9.09. The lowest BCUT2D eigenvalue weighted by Crippen LogP contribution is -2.28. The van der Waals surface area contributed by atoms with E-state index in [9.17, 15) is 4.79 Å². The third-order valence-electron chi connectivity index (χ3n) is 3.37. The number of rotatable bonds is 2. The summed E-state index contributed by atoms with van der Waals surface area (Å²) in [6, 6.07) is 8.31. The van der Waals surface area contributed by atoms with Gasteiger partial charge in [0.25, 0.3) is 0 Å². The highest BCUT2D eigenvalue weighted by molar-refractivity contribution is 5.91. The van der Waals surface area contributed by atoms with Crippen molar-refractivity contribution in [2.45, 2.75) is 19.3 Å². The highest BCUT2D eigenvalue weighted by Crippen LogP contribution is 2.25. The van der Waals surface area contributed by atoms with Gasteiger partial charge >= 0.3 is 0 Å². The summed E-state index contributed by atoms with van der Waals surface area (Å²) in [4.78, 5) is 16.0. The second-order valence-electron chi connectivity index (χ2n) is 4.53. The van der Waals surface area contributed by atoms with Crippen LogP contribution in [-0.4, -0.2) is 21.1 Å². The zero-order valence-corrected chi connectivity index (χ0v) is 9.89. The van der Waals surface area contributed by atoms with E-state index in [-0.39, 0.29) is 11.8 Å². The van der Waals surface area contributed by atoms with Crippen molar-refractivity contribution in [1.29, 1.82) is 0 Å². The number of hydrogen-bond donors (Lipinski definition) is 2. The van der Waals surface area contributed by atoms with Crippen molar-refractivity contribution in [2.75, 3.05) is 5.32 Å². The number of aryl methyl sites for hydroxylation is 1. The molecule has 0 saturated carbocycles. The first-order valence-electron chi connectivity index (χ1n) is 6.06. The Balaban J connectivity index is 1.70. The Morgan fingerprint density at radius 1 is 1.33 bits per heavy atom. The second-order valence-corrected chi connectivity index (χ2v) is 4.53. The number of fused-ring (bicyclic) bond motifs is 1. The number of hydrogen-bond acceptors (Lipinski definition) is 3. The fourth-order valence-corrected chi connectivity index (χ4v) is 2.41. The molecular weight excluding hydrogens is 228 g/mol. The van der Waals surface area contributed by atoms with E-state index in [1.165, 1.54) is 17.5 Å². The first-order chi connectivity index (χ1) is 8.83. The number of carbonyl (C=O) groups is 1. The molecule has 1 heterocycles. The van der Waals surface area contributed by atoms with Crippen LogP contribution in [0.3, 0.4) is 0 Å². The standard InChI is InChI=1S/C13H14N4O/c18-12(16-13-14-8-15-17-13)11-6-5-9-3-1-2-4-10(9)7-11/h1-4,8,11H,5-7H2,(H2,14,15,16,17,18). The summed E-state index contributed by atoms with van der Waals surface area (Å²) in [5.74, 6) is 0.449. The van der Waals surface area contributed by atoms with Gasteiger partial charge in [-0.05, 0) is 30.4 Å². The lowest BCUT2D eigenvalue weighted by Gasteiger charge is -2.23. The molecular formula is C13H14N4O. The monoisotopic (exact) mass is 242 g/mol. The van der Waals surface area contributed by atoms with E-state index in [2.05, 4.69) is 32.6 Å². The van der Waals surface area contributed by atoms with Gasteiger partial charge in [-0.3, -0.25) is 10.1 Å². The van der Waals surface area contributed by atoms with E-state index >= 15 is 0 Å². The molecule has 18 heavy (non-hydrogen) atoms. The van der Waals surface area contributed by atoms with Gasteiger partial charge in [-0.25, -0.2) is 5.10 Å². The molecule has 1 amide bonds. The minimum atomic E-state index is 0.0150. The molecule has 1 aliphatic rings. The van der Waals surface area contributed by atoms with Gasteiger partial charge in [0.15, 0.2) is 0 Å². The Bertz CT molecular complexity index is 550. The first kappa shape index (κ1) is 11.0. The number of aromatic nitrogens is 3. The molecule has 1 atom stereocenters. The Labute approximate surface area is 105 Å². The molecule has 0 aliphatic heterocycles. The number of aromatic amines is 1. The van der Waals surface area contributed by atoms with Crippen LogP contribution in [0, 0.1) is 5.92 Å². The van der Waals surface area contributed by atoms with Gasteiger partial charge in [-0.1, -0.05) is 24.3 Å². The summed E-state index contributed by atoms with van der Waals surface area (Å²) < 4.78 is 0. The third kappa shape index (κ3) is 2.11. The minimum Gasteiger partial charge on any atom is -0.295 e. The summed E-state index contributed by atoms with van der Waals surface area (Å²) in [5.41, 5.74) is 2.64. The first-order valence-corrected chi connectivity index (χ1v) is 6.06. The highest BCUT2D eigenvalue weighted by Gasteiger charge is 2.24. The Morgan fingerprint density at radius 3 is 2.94 bits per heavy atom. The Morgan fingerprint density at radius 2 is 2.17 bits per heavy atom. The second kappa shape index (κ2) is 4.60. The fraction of sp³-hybridized carbons (Fsp3) is 0.308. The Hall–Kier alpha value is -2.17. The van der Waals surface area contributed by atoms with Gasteiger partial charge in [0, 0.05) is 5.92 Å². The van der Waals surface area contributed by atoms with Crippen LogP contribution in [0.5, 0.6) is 0 Å². The molecule has 1 aliphatic carbocycles. The van der Waals surface area contributed by atoms with Crippen molar-refractivity contribution < 1.29 is 4.79 Å². The number of carbonyl (C=O) groups excluding carboxylic acids is 1. The van der Waals surface area contributed by atoms with E-state index in [1.807, 2.05) is 12.1 Å². The maximum absolute atomic E-state index is 12.1. The molecule has 0 fully saturated rings. The summed E-state index contributed by atoms with van der Waals surface area (Å²) in [7, 11) is 0. The molecule has 0 bridgehead atoms. The summed E-state index contributed by atoms with van der Waals surface area (Å²) in [6.07, 6.45) is 4.03. The normalized spacial score (nSPS) is 18.1. The van der Waals surface area contributed by atoms with E-state index in [1.54, 1.807) is 0 Å². The topological polar surface area (TPSA) is 70.7 Å². The largest absolute Gasteiger partial charge is 0.295 e. The molecule has 2 N–H and O–H groups in total. The van der Waals surface area contributed by atoms with Crippen molar-refractivity contribution in [3.8, 4) is 0 Å². The van der Waals surface area contributed by atoms with Crippen LogP contribution >= 0.6 is 0 Å². The van der Waals surface area contributed by atoms with Crippen LogP contribution in [-0.2, 0) is 17.6 Å². The summed E-state index contributed by atoms with van der Waals surface area (Å²) in [6.45, 7) is 0. The quantitative estimate of drug-likeness (QED) is 0.839. The maximum atomic E-state index is 12.1. The molecule has 0 saturated heterocycles. The van der Waals surface area contributed by atoms with Crippen molar-refractivity contribution in [2.24, 2.45) is 5.92 Å². The zero-order valence-electron chi connectivity index (χ0n) is 9.89. The number of amides is 1. The molecule has 3 rings (SSSR count). The number of H-pyrrole nitrogens is 1. The van der Waals surface area contributed by atoms with E-state index < -0.39 is 0 Å². The van der Waals surface area contributed by atoms with E-state index in [0.29, 0.717) is 5.95 Å². The number of anilines is 1. The SMILES string of the molecule is O=C(Nc1ncn[nH]1)C1CCc2ccccc2C1. The average molecular weight is 242 g/mol. The number of nitrogens with zero attached hydrogens (tertiary/aromatic N) is 2. The third-order valence-corrected chi connectivity index (χ3v) is 3.37. The van der Waals surface area contributed by atoms with Gasteiger partial charge < -0.3 is 0 Å². The molecule has 0 spiro atoms. The van der Waals surface area contributed by atoms with Crippen molar-refractivity contribution in [1.82, 2.24) is 15.2 Å². The predicted octanol–water partition coefficient (Wildman–Crippen LogP) is 1.55. The van der Waals surface area contributed by atoms with Gasteiger partial charge in [0.2, 0.25) is 11.9 Å². The molecule has 0 radical (unpaired) electrons. The van der Waals surface area contributed by atoms with Gasteiger partial charge in [0.1, 0.15) is 6.33 Å². The van der Waals surface area contributed by atoms with Crippen LogP contribution in [0.2, 0.25) is 0 Å². The maximum Gasteiger partial charge on any atom is 0.230 e. The smallest absolute Gasteiger partial charge is 0.230 e. The van der Waals surface area contributed by atoms with Gasteiger partial charge in [0.05, 0.1) is 0 Å². The fourth-order valence-electron chi connectivity index (χ4n) is 2.41. The lowest BCUT2D eigenvalue weighted by atomic mass is 9.83. The molecule has 2 aromatic rings. The molecule has 1 unspecified atom stereocenters. The van der Waals surface area contributed by atoms with Crippen LogP contribution in [0.15, 0.2) is 30.6 Å². The number of nitrogens with one attached hydrogen (secondary N) is 2. The minimum absolute atomic E-state index is 0.0150. The zero-order chi connectivity index (χ0) is 12.4. The van der Waals surface area contributed by atoms with Crippen LogP contribution in [0.4, 0.5) is 5.95 Å². The molecule has 1 aromatic carbocycles. The van der Waals surface area contributed by atoms with E-state index in [0.717, 1.165) is 19.3 Å². The van der Waals surface area contributed by atoms with Crippen LogP contribution in [0.25, 0.3) is 0 Å². The molecule has 5 heteroatoms. The predicted molar refractivity (Wildman–Crippen MR) is 67.0 cm³/mol. The lowest BCUT2D eigenvalue weighted by molar-refractivity contribution is -0.120. The molecule has 92 valence electrons. The van der Waals surface area contributed by atoms with E-state index in [4.69, 9.17) is 0 Å².